The third-order valence-electron chi connectivity index (χ3n) is 12.7. The van der Waals surface area contributed by atoms with E-state index in [1.807, 2.05) is 0 Å². The molecule has 5 rings (SSSR count). The topological polar surface area (TPSA) is 392 Å². The van der Waals surface area contributed by atoms with Crippen molar-refractivity contribution in [2.45, 2.75) is 106 Å². The highest BCUT2D eigenvalue weighted by Gasteiger charge is 2.36. The Hall–Kier alpha value is -7.42. The average Bonchev–Trinajstić information content (AvgIpc) is 3.42. The summed E-state index contributed by atoms with van der Waals surface area (Å²) in [5.41, 5.74) is 25.7. The molecule has 0 saturated carbocycles. The van der Waals surface area contributed by atoms with Crippen molar-refractivity contribution in [3.05, 3.63) is 130 Å². The SMILES string of the molecule is COc1ccc(C[C@@H](NC(=O)[C@@H]2CSSC[C@@H](NC(=O)[C@@H](N)Cc3ccc(Cl)cc3)C(=O)N[C@@H](Cc3ccc(O)cc3)C(=O)N[C@H](Cc3ccc(C(N)=O)cc3)C(=O)N[C@@H](CCCCN)C(=O)NC(C(C)O)C(=O)N2)C(N)=O)cc1. The number of amides is 9. The molecule has 1 aliphatic rings. The Morgan fingerprint density at radius 3 is 1.77 bits per heavy atom. The van der Waals surface area contributed by atoms with E-state index < -0.39 is 108 Å². The highest BCUT2D eigenvalue weighted by Crippen LogP contribution is 2.24. The number of ether oxygens (including phenoxy) is 1. The minimum atomic E-state index is -1.75. The summed E-state index contributed by atoms with van der Waals surface area (Å²) in [6.45, 7) is 1.43. The van der Waals surface area contributed by atoms with E-state index in [1.165, 1.54) is 62.6 Å². The number of carbonyl (C=O) groups is 9. The van der Waals surface area contributed by atoms with Gasteiger partial charge in [0, 0.05) is 41.4 Å². The fourth-order valence-corrected chi connectivity index (χ4v) is 10.6. The predicted octanol–water partition coefficient (Wildman–Crippen LogP) is -0.465. The van der Waals surface area contributed by atoms with Gasteiger partial charge in [0.25, 0.3) is 0 Å². The lowest BCUT2D eigenvalue weighted by molar-refractivity contribution is -0.136. The second-order valence-corrected chi connectivity index (χ2v) is 22.0. The van der Waals surface area contributed by atoms with E-state index in [2.05, 4.69) is 37.2 Å². The van der Waals surface area contributed by atoms with Gasteiger partial charge in [0.1, 0.15) is 53.8 Å². The molecule has 1 saturated heterocycles. The summed E-state index contributed by atoms with van der Waals surface area (Å²) < 4.78 is 5.22. The van der Waals surface area contributed by atoms with Crippen molar-refractivity contribution in [2.75, 3.05) is 25.2 Å². The van der Waals surface area contributed by atoms with E-state index in [1.54, 1.807) is 48.5 Å². The van der Waals surface area contributed by atoms with Gasteiger partial charge in [0.2, 0.25) is 53.2 Å². The molecule has 80 heavy (non-hydrogen) atoms. The lowest BCUT2D eigenvalue weighted by Crippen LogP contribution is -2.62. The van der Waals surface area contributed by atoms with Crippen LogP contribution in [0.3, 0.4) is 0 Å². The van der Waals surface area contributed by atoms with Crippen molar-refractivity contribution in [1.29, 1.82) is 0 Å². The summed E-state index contributed by atoms with van der Waals surface area (Å²) in [5, 5.41) is 40.0. The number of aliphatic hydroxyl groups excluding tert-OH is 1. The van der Waals surface area contributed by atoms with Gasteiger partial charge >= 0.3 is 0 Å². The molecule has 9 atom stereocenters. The number of nitrogens with two attached hydrogens (primary N) is 4. The van der Waals surface area contributed by atoms with Crippen LogP contribution in [0, 0.1) is 0 Å². The molecule has 430 valence electrons. The number of carbonyl (C=O) groups excluding carboxylic acids is 9. The maximum atomic E-state index is 14.7. The van der Waals surface area contributed by atoms with Crippen molar-refractivity contribution in [3.63, 3.8) is 0 Å². The van der Waals surface area contributed by atoms with Crippen molar-refractivity contribution < 1.29 is 58.1 Å². The first-order valence-corrected chi connectivity index (χ1v) is 28.3. The minimum absolute atomic E-state index is 0.0306. The van der Waals surface area contributed by atoms with Crippen LogP contribution in [0.25, 0.3) is 0 Å². The summed E-state index contributed by atoms with van der Waals surface area (Å²) in [4.78, 5) is 126. The Morgan fingerprint density at radius 1 is 0.688 bits per heavy atom. The summed E-state index contributed by atoms with van der Waals surface area (Å²) in [6, 6.07) is 13.2. The van der Waals surface area contributed by atoms with Crippen LogP contribution in [0.15, 0.2) is 97.1 Å². The van der Waals surface area contributed by atoms with Crippen molar-refractivity contribution in [1.82, 2.24) is 37.2 Å². The minimum Gasteiger partial charge on any atom is -0.508 e. The maximum Gasteiger partial charge on any atom is 0.248 e. The number of primary amides is 2. The Balaban J connectivity index is 1.57. The highest BCUT2D eigenvalue weighted by atomic mass is 35.5. The zero-order valence-electron chi connectivity index (χ0n) is 44.0. The first-order valence-electron chi connectivity index (χ1n) is 25.5. The van der Waals surface area contributed by atoms with Crippen LogP contribution in [0.5, 0.6) is 11.5 Å². The van der Waals surface area contributed by atoms with E-state index in [9.17, 15) is 53.4 Å². The zero-order chi connectivity index (χ0) is 58.5. The lowest BCUT2D eigenvalue weighted by Gasteiger charge is -2.29. The molecule has 0 aromatic heterocycles. The summed E-state index contributed by atoms with van der Waals surface area (Å²) in [7, 11) is 3.41. The number of unbranched alkanes of at least 4 members (excludes halogenated alkanes) is 1. The molecule has 4 aromatic rings. The van der Waals surface area contributed by atoms with E-state index in [-0.39, 0.29) is 67.9 Å². The zero-order valence-corrected chi connectivity index (χ0v) is 46.4. The Morgan fingerprint density at radius 2 is 1.21 bits per heavy atom. The van der Waals surface area contributed by atoms with Crippen LogP contribution >= 0.6 is 33.2 Å². The predicted molar refractivity (Wildman–Crippen MR) is 303 cm³/mol. The standard InChI is InChI=1S/C54H68ClN11O12S2/c1-29(67)45-54(77)65-44(52(75)61-40(47(59)70)24-33-12-20-37(78-2)21-13-33)28-80-79-27-43(64-48(71)38(57)23-30-8-16-35(55)17-9-30)53(76)63-42(26-32-10-18-36(68)19-11-32)51(74)62-41(25-31-6-14-34(15-7-31)46(58)69)50(73)60-39(49(72)66-45)5-3-4-22-56/h6-21,29,38-45,67-68H,3-5,22-28,56-57H2,1-2H3,(H2,58,69)(H2,59,70)(H,60,73)(H,61,75)(H,62,74)(H,63,76)(H,64,71)(H,65,77)(H,66,72)/t29?,38-,39-,40+,41+,42-,43+,44-,45?/m0/s1. The highest BCUT2D eigenvalue weighted by molar-refractivity contribution is 8.76. The molecule has 0 aliphatic carbocycles. The molecule has 26 heteroatoms. The Labute approximate surface area is 475 Å². The molecular formula is C54H68ClN11O12S2. The molecule has 0 bridgehead atoms. The van der Waals surface area contributed by atoms with E-state index in [4.69, 9.17) is 39.3 Å². The number of rotatable bonds is 20. The first-order chi connectivity index (χ1) is 38.1. The van der Waals surface area contributed by atoms with Crippen molar-refractivity contribution in [3.8, 4) is 11.5 Å². The molecule has 23 nitrogen and oxygen atoms in total. The molecule has 0 radical (unpaired) electrons. The molecule has 1 aliphatic heterocycles. The monoisotopic (exact) mass is 1160 g/mol. The van der Waals surface area contributed by atoms with E-state index >= 15 is 0 Å². The van der Waals surface area contributed by atoms with Crippen molar-refractivity contribution >= 4 is 86.4 Å². The second-order valence-electron chi connectivity index (χ2n) is 19.0. The normalized spacial score (nSPS) is 20.9. The van der Waals surface area contributed by atoms with Crippen molar-refractivity contribution in [2.24, 2.45) is 22.9 Å². The largest absolute Gasteiger partial charge is 0.508 e. The summed E-state index contributed by atoms with van der Waals surface area (Å²) in [5.74, 6) is -8.05. The van der Waals surface area contributed by atoms with Gasteiger partial charge in [-0.3, -0.25) is 43.2 Å². The van der Waals surface area contributed by atoms with Crippen LogP contribution in [-0.4, -0.2) is 143 Å². The number of nitrogens with one attached hydrogen (secondary N) is 7. The van der Waals surface area contributed by atoms with E-state index in [0.717, 1.165) is 21.6 Å². The lowest BCUT2D eigenvalue weighted by atomic mass is 10.00. The summed E-state index contributed by atoms with van der Waals surface area (Å²) in [6.07, 6.45) is -1.47. The van der Waals surface area contributed by atoms with Gasteiger partial charge in [0.05, 0.1) is 19.3 Å². The van der Waals surface area contributed by atoms with Gasteiger partial charge in [-0.2, -0.15) is 0 Å². The number of halogens is 1. The molecule has 2 unspecified atom stereocenters. The van der Waals surface area contributed by atoms with Crippen LogP contribution < -0.4 is 64.9 Å². The number of hydrogen-bond acceptors (Lipinski definition) is 16. The Kier molecular flexibility index (Phi) is 24.9. The first kappa shape index (κ1) is 63.4. The molecular weight excluding hydrogens is 1090 g/mol. The number of phenolic OH excluding ortho intramolecular Hbond substituents is 1. The van der Waals surface area contributed by atoms with Gasteiger partial charge in [-0.15, -0.1) is 0 Å². The van der Waals surface area contributed by atoms with Gasteiger partial charge in [0.15, 0.2) is 0 Å². The second kappa shape index (κ2) is 31.4. The number of aliphatic hydroxyl groups is 1. The number of phenols is 1. The van der Waals surface area contributed by atoms with Gasteiger partial charge in [-0.1, -0.05) is 81.7 Å². The quantitative estimate of drug-likeness (QED) is 0.0393. The molecule has 0 spiro atoms. The molecule has 1 heterocycles. The van der Waals surface area contributed by atoms with Gasteiger partial charge in [-0.05, 0) is 110 Å². The van der Waals surface area contributed by atoms with Crippen LogP contribution in [0.4, 0.5) is 0 Å². The molecule has 1 fully saturated rings. The third kappa shape index (κ3) is 20.0. The number of methoxy groups -OCH3 is 1. The molecule has 9 amide bonds. The third-order valence-corrected chi connectivity index (χ3v) is 15.4. The van der Waals surface area contributed by atoms with Gasteiger partial charge < -0.3 is 75.1 Å². The fraction of sp³-hybridized carbons (Fsp3) is 0.389. The number of aromatic hydroxyl groups is 1. The number of benzene rings is 4. The summed E-state index contributed by atoms with van der Waals surface area (Å²) >= 11 is 6.07. The van der Waals surface area contributed by atoms with E-state index in [0.29, 0.717) is 39.4 Å². The fourth-order valence-electron chi connectivity index (χ4n) is 8.16. The van der Waals surface area contributed by atoms with Crippen LogP contribution in [0.1, 0.15) is 58.8 Å². The van der Waals surface area contributed by atoms with Crippen LogP contribution in [0.2, 0.25) is 5.02 Å². The maximum absolute atomic E-state index is 14.7. The average molecular weight is 1160 g/mol. The van der Waals surface area contributed by atoms with Gasteiger partial charge in [-0.25, -0.2) is 0 Å². The van der Waals surface area contributed by atoms with Crippen LogP contribution in [-0.2, 0) is 64.0 Å². The Bertz CT molecular complexity index is 2780. The molecule has 4 aromatic carbocycles. The molecule has 17 N–H and O–H groups in total. The smallest absolute Gasteiger partial charge is 0.248 e. The number of hydrogen-bond donors (Lipinski definition) is 13.